The fraction of sp³-hybridized carbons (Fsp3) is 0.556. The molecular formula is C18H21BF4O2. The summed E-state index contributed by atoms with van der Waals surface area (Å²) in [6.07, 6.45) is -3.11. The zero-order chi connectivity index (χ0) is 18.6. The van der Waals surface area contributed by atoms with E-state index in [9.17, 15) is 17.6 Å². The Morgan fingerprint density at radius 1 is 1.04 bits per heavy atom. The van der Waals surface area contributed by atoms with Crippen LogP contribution < -0.4 is 0 Å². The van der Waals surface area contributed by atoms with Crippen LogP contribution in [0.15, 0.2) is 35.6 Å². The van der Waals surface area contributed by atoms with E-state index in [2.05, 4.69) is 0 Å². The zero-order valence-electron chi connectivity index (χ0n) is 14.7. The molecular weight excluding hydrogens is 335 g/mol. The van der Waals surface area contributed by atoms with E-state index in [1.54, 1.807) is 0 Å². The van der Waals surface area contributed by atoms with Crippen molar-refractivity contribution in [3.8, 4) is 0 Å². The number of halogens is 4. The van der Waals surface area contributed by atoms with Crippen molar-refractivity contribution in [2.45, 2.75) is 63.8 Å². The summed E-state index contributed by atoms with van der Waals surface area (Å²) in [4.78, 5) is 0. The lowest BCUT2D eigenvalue weighted by Crippen LogP contribution is -2.41. The monoisotopic (exact) mass is 356 g/mol. The van der Waals surface area contributed by atoms with Gasteiger partial charge in [-0.2, -0.15) is 13.2 Å². The summed E-state index contributed by atoms with van der Waals surface area (Å²) in [5.74, 6) is -0.221. The van der Waals surface area contributed by atoms with Crippen LogP contribution in [0.1, 0.15) is 57.6 Å². The van der Waals surface area contributed by atoms with Crippen LogP contribution in [0.25, 0.3) is 0 Å². The Morgan fingerprint density at radius 2 is 1.56 bits per heavy atom. The van der Waals surface area contributed by atoms with Gasteiger partial charge >= 0.3 is 13.3 Å². The first kappa shape index (κ1) is 18.5. The van der Waals surface area contributed by atoms with Crippen LogP contribution in [0.2, 0.25) is 0 Å². The molecule has 7 heteroatoms. The summed E-state index contributed by atoms with van der Waals surface area (Å²) in [7, 11) is -1.06. The van der Waals surface area contributed by atoms with Gasteiger partial charge < -0.3 is 9.31 Å². The van der Waals surface area contributed by atoms with Crippen molar-refractivity contribution in [2.75, 3.05) is 0 Å². The Morgan fingerprint density at radius 3 is 1.96 bits per heavy atom. The molecule has 2 fully saturated rings. The highest BCUT2D eigenvalue weighted by Crippen LogP contribution is 2.47. The second-order valence-corrected chi connectivity index (χ2v) is 7.67. The van der Waals surface area contributed by atoms with Crippen LogP contribution in [-0.2, 0) is 15.5 Å². The SMILES string of the molecule is CC1(C)OB(C(F)=C2CCC2c2ccc(C(F)(F)F)cc2)OC1(C)C. The van der Waals surface area contributed by atoms with Crippen LogP contribution in [-0.4, -0.2) is 18.3 Å². The fourth-order valence-electron chi connectivity index (χ4n) is 3.09. The van der Waals surface area contributed by atoms with E-state index in [-0.39, 0.29) is 5.92 Å². The van der Waals surface area contributed by atoms with Crippen LogP contribution in [0, 0.1) is 0 Å². The largest absolute Gasteiger partial charge is 0.525 e. The van der Waals surface area contributed by atoms with Crippen LogP contribution in [0.3, 0.4) is 0 Å². The molecule has 1 saturated carbocycles. The highest BCUT2D eigenvalue weighted by molar-refractivity contribution is 6.54. The summed E-state index contributed by atoms with van der Waals surface area (Å²) in [6.45, 7) is 7.39. The Bertz CT molecular complexity index is 676. The van der Waals surface area contributed by atoms with Gasteiger partial charge in [0, 0.05) is 5.92 Å². The summed E-state index contributed by atoms with van der Waals surface area (Å²) in [5, 5.41) is 0. The molecule has 1 aromatic rings. The molecule has 2 aliphatic rings. The zero-order valence-corrected chi connectivity index (χ0v) is 14.7. The minimum atomic E-state index is -4.37. The standard InChI is InChI=1S/C18H21BF4O2/c1-16(2)17(3,4)25-19(24-16)15(20)14-10-9-13(14)11-5-7-12(8-6-11)18(21,22)23/h5-8,13H,9-10H2,1-4H3. The smallest absolute Gasteiger partial charge is 0.398 e. The van der Waals surface area contributed by atoms with Gasteiger partial charge in [0.05, 0.1) is 16.8 Å². The summed E-state index contributed by atoms with van der Waals surface area (Å²) < 4.78 is 64.4. The Balaban J connectivity index is 1.81. The molecule has 3 rings (SSSR count). The van der Waals surface area contributed by atoms with Gasteiger partial charge in [-0.3, -0.25) is 0 Å². The Hall–Kier alpha value is -1.34. The van der Waals surface area contributed by atoms with E-state index >= 15 is 0 Å². The quantitative estimate of drug-likeness (QED) is 0.519. The lowest BCUT2D eigenvalue weighted by atomic mass is 9.69. The predicted octanol–water partition coefficient (Wildman–Crippen LogP) is 5.44. The van der Waals surface area contributed by atoms with Gasteiger partial charge in [-0.15, -0.1) is 0 Å². The van der Waals surface area contributed by atoms with E-state index in [1.807, 2.05) is 27.7 Å². The third-order valence-electron chi connectivity index (χ3n) is 5.53. The van der Waals surface area contributed by atoms with E-state index in [4.69, 9.17) is 9.31 Å². The third kappa shape index (κ3) is 3.24. The Labute approximate surface area is 145 Å². The van der Waals surface area contributed by atoms with Gasteiger partial charge in [0.25, 0.3) is 0 Å². The van der Waals surface area contributed by atoms with Gasteiger partial charge in [0.2, 0.25) is 0 Å². The van der Waals surface area contributed by atoms with Gasteiger partial charge in [-0.1, -0.05) is 12.1 Å². The summed E-state index contributed by atoms with van der Waals surface area (Å²) >= 11 is 0. The normalized spacial score (nSPS) is 27.2. The van der Waals surface area contributed by atoms with Crippen LogP contribution in [0.5, 0.6) is 0 Å². The predicted molar refractivity (Wildman–Crippen MR) is 87.6 cm³/mol. The van der Waals surface area contributed by atoms with Gasteiger partial charge in [0.1, 0.15) is 5.73 Å². The van der Waals surface area contributed by atoms with E-state index in [1.165, 1.54) is 12.1 Å². The molecule has 0 bridgehead atoms. The number of allylic oxidation sites excluding steroid dienone is 1. The fourth-order valence-corrected chi connectivity index (χ4v) is 3.09. The maximum Gasteiger partial charge on any atom is 0.525 e. The maximum absolute atomic E-state index is 14.9. The molecule has 1 unspecified atom stereocenters. The number of benzene rings is 1. The van der Waals surface area contributed by atoms with Gasteiger partial charge in [-0.25, -0.2) is 4.39 Å². The second kappa shape index (κ2) is 5.84. The van der Waals surface area contributed by atoms with Crippen LogP contribution in [0.4, 0.5) is 17.6 Å². The molecule has 1 aliphatic heterocycles. The average Bonchev–Trinajstić information content (AvgIpc) is 2.66. The van der Waals surface area contributed by atoms with Crippen molar-refractivity contribution in [1.29, 1.82) is 0 Å². The minimum Gasteiger partial charge on any atom is -0.398 e. The molecule has 1 saturated heterocycles. The molecule has 0 radical (unpaired) electrons. The number of hydrogen-bond donors (Lipinski definition) is 0. The lowest BCUT2D eigenvalue weighted by Gasteiger charge is -2.32. The molecule has 1 aromatic carbocycles. The number of alkyl halides is 3. The third-order valence-corrected chi connectivity index (χ3v) is 5.53. The molecule has 1 aliphatic carbocycles. The first-order valence-electron chi connectivity index (χ1n) is 8.33. The molecule has 0 aromatic heterocycles. The van der Waals surface area contributed by atoms with E-state index < -0.39 is 35.8 Å². The van der Waals surface area contributed by atoms with Gasteiger partial charge in [-0.05, 0) is 63.8 Å². The molecule has 0 N–H and O–H groups in total. The minimum absolute atomic E-state index is 0.221. The molecule has 0 spiro atoms. The maximum atomic E-state index is 14.9. The van der Waals surface area contributed by atoms with Crippen LogP contribution >= 0.6 is 0 Å². The molecule has 2 nitrogen and oxygen atoms in total. The second-order valence-electron chi connectivity index (χ2n) is 7.67. The topological polar surface area (TPSA) is 18.5 Å². The molecule has 0 amide bonds. The molecule has 25 heavy (non-hydrogen) atoms. The lowest BCUT2D eigenvalue weighted by molar-refractivity contribution is -0.137. The first-order valence-corrected chi connectivity index (χ1v) is 8.33. The van der Waals surface area contributed by atoms with Crippen molar-refractivity contribution >= 4 is 7.12 Å². The average molecular weight is 356 g/mol. The van der Waals surface area contributed by atoms with Gasteiger partial charge in [0.15, 0.2) is 0 Å². The summed E-state index contributed by atoms with van der Waals surface area (Å²) in [5.41, 5.74) is -1.19. The van der Waals surface area contributed by atoms with Crippen molar-refractivity contribution in [2.24, 2.45) is 0 Å². The first-order chi connectivity index (χ1) is 11.4. The van der Waals surface area contributed by atoms with E-state index in [0.717, 1.165) is 12.1 Å². The van der Waals surface area contributed by atoms with E-state index in [0.29, 0.717) is 24.0 Å². The van der Waals surface area contributed by atoms with Crippen molar-refractivity contribution in [3.63, 3.8) is 0 Å². The highest BCUT2D eigenvalue weighted by Gasteiger charge is 2.54. The molecule has 1 heterocycles. The van der Waals surface area contributed by atoms with Crippen molar-refractivity contribution in [3.05, 3.63) is 46.7 Å². The number of rotatable bonds is 2. The van der Waals surface area contributed by atoms with Crippen molar-refractivity contribution < 1.29 is 26.9 Å². The Kier molecular flexibility index (Phi) is 4.31. The van der Waals surface area contributed by atoms with Crippen molar-refractivity contribution in [1.82, 2.24) is 0 Å². The molecule has 136 valence electrons. The number of hydrogen-bond acceptors (Lipinski definition) is 2. The highest BCUT2D eigenvalue weighted by atomic mass is 19.4. The molecule has 1 atom stereocenters. The summed E-state index contributed by atoms with van der Waals surface area (Å²) in [6, 6.07) is 4.92.